The molecule has 4 N–H and O–H groups in total. The first-order valence-corrected chi connectivity index (χ1v) is 2.88. The quantitative estimate of drug-likeness (QED) is 0.389. The van der Waals surface area contributed by atoms with Gasteiger partial charge in [-0.15, -0.1) is 0 Å². The minimum Gasteiger partial charge on any atom is -0.481 e. The van der Waals surface area contributed by atoms with Crippen molar-refractivity contribution in [3.05, 3.63) is 11.5 Å². The van der Waals surface area contributed by atoms with Crippen LogP contribution in [0.4, 0.5) is 0 Å². The van der Waals surface area contributed by atoms with E-state index in [1.807, 2.05) is 0 Å². The van der Waals surface area contributed by atoms with E-state index in [4.69, 9.17) is 15.9 Å². The van der Waals surface area contributed by atoms with Crippen molar-refractivity contribution in [1.82, 2.24) is 0 Å². The topological polar surface area (TPSA) is 83.6 Å². The molecule has 4 nitrogen and oxygen atoms in total. The lowest BCUT2D eigenvalue weighted by atomic mass is 10.0. The van der Waals surface area contributed by atoms with Gasteiger partial charge in [0.05, 0.1) is 5.57 Å². The summed E-state index contributed by atoms with van der Waals surface area (Å²) in [4.78, 5) is 10.4. The Morgan fingerprint density at radius 1 is 1.40 bits per heavy atom. The van der Waals surface area contributed by atoms with Crippen LogP contribution in [0, 0.1) is 5.92 Å². The molecule has 1 amide bonds. The molecule has 0 aromatic carbocycles. The first-order chi connectivity index (χ1) is 4.46. The molecular weight excluding hydrogens is 134 g/mol. The van der Waals surface area contributed by atoms with Crippen molar-refractivity contribution in [3.8, 4) is 0 Å². The molecule has 0 aromatic heterocycles. The van der Waals surface area contributed by atoms with E-state index in [1.54, 1.807) is 13.8 Å². The summed E-state index contributed by atoms with van der Waals surface area (Å²) < 4.78 is 0. The molecule has 0 rings (SSSR count). The first-order valence-electron chi connectivity index (χ1n) is 2.88. The Bertz CT molecular complexity index is 168. The molecule has 0 aliphatic rings. The number of amides is 1. The Kier molecular flexibility index (Phi) is 2.73. The van der Waals surface area contributed by atoms with E-state index in [0.717, 1.165) is 0 Å². The highest BCUT2D eigenvalue weighted by Gasteiger charge is 2.15. The van der Waals surface area contributed by atoms with E-state index in [2.05, 4.69) is 0 Å². The van der Waals surface area contributed by atoms with Crippen molar-refractivity contribution < 1.29 is 15.0 Å². The summed E-state index contributed by atoms with van der Waals surface area (Å²) in [5.74, 6) is -2.04. The van der Waals surface area contributed by atoms with Gasteiger partial charge in [0.25, 0.3) is 11.9 Å². The zero-order valence-electron chi connectivity index (χ0n) is 5.96. The smallest absolute Gasteiger partial charge is 0.283 e. The van der Waals surface area contributed by atoms with Gasteiger partial charge in [0.2, 0.25) is 0 Å². The molecule has 0 radical (unpaired) electrons. The lowest BCUT2D eigenvalue weighted by molar-refractivity contribution is -0.115. The average molecular weight is 145 g/mol. The predicted octanol–water partition coefficient (Wildman–Crippen LogP) is 0.455. The van der Waals surface area contributed by atoms with Crippen LogP contribution in [0.1, 0.15) is 13.8 Å². The number of aliphatic hydroxyl groups is 2. The SMILES string of the molecule is CC(C)C(C(N)=O)=C(O)O. The van der Waals surface area contributed by atoms with Crippen molar-refractivity contribution in [2.24, 2.45) is 11.7 Å². The van der Waals surface area contributed by atoms with Crippen molar-refractivity contribution in [2.75, 3.05) is 0 Å². The van der Waals surface area contributed by atoms with E-state index in [0.29, 0.717) is 0 Å². The number of aliphatic hydroxyl groups excluding tert-OH is 1. The number of hydrogen-bond acceptors (Lipinski definition) is 3. The normalized spacial score (nSPS) is 9.50. The van der Waals surface area contributed by atoms with Gasteiger partial charge in [0.15, 0.2) is 0 Å². The molecule has 0 aromatic rings. The van der Waals surface area contributed by atoms with E-state index < -0.39 is 11.9 Å². The molecule has 0 fully saturated rings. The highest BCUT2D eigenvalue weighted by molar-refractivity contribution is 5.92. The number of nitrogens with two attached hydrogens (primary N) is 1. The monoisotopic (exact) mass is 145 g/mol. The second-order valence-electron chi connectivity index (χ2n) is 2.26. The fourth-order valence-electron chi connectivity index (χ4n) is 0.653. The molecule has 0 atom stereocenters. The largest absolute Gasteiger partial charge is 0.481 e. The summed E-state index contributed by atoms with van der Waals surface area (Å²) >= 11 is 0. The molecule has 0 spiro atoms. The Morgan fingerprint density at radius 2 is 1.80 bits per heavy atom. The van der Waals surface area contributed by atoms with Crippen LogP contribution >= 0.6 is 0 Å². The van der Waals surface area contributed by atoms with Gasteiger partial charge < -0.3 is 15.9 Å². The highest BCUT2D eigenvalue weighted by Crippen LogP contribution is 2.10. The lowest BCUT2D eigenvalue weighted by Gasteiger charge is -2.05. The van der Waals surface area contributed by atoms with Crippen LogP contribution in [0.15, 0.2) is 11.5 Å². The van der Waals surface area contributed by atoms with Gasteiger partial charge in [-0.1, -0.05) is 13.8 Å². The maximum absolute atomic E-state index is 10.4. The van der Waals surface area contributed by atoms with Crippen LogP contribution in [0.3, 0.4) is 0 Å². The fourth-order valence-corrected chi connectivity index (χ4v) is 0.653. The number of carbonyl (C=O) groups excluding carboxylic acids is 1. The number of primary amides is 1. The number of hydrogen-bond donors (Lipinski definition) is 3. The van der Waals surface area contributed by atoms with Crippen LogP contribution in [0.2, 0.25) is 0 Å². The molecule has 0 bridgehead atoms. The molecule has 0 saturated carbocycles. The summed E-state index contributed by atoms with van der Waals surface area (Å²) in [7, 11) is 0. The fraction of sp³-hybridized carbons (Fsp3) is 0.500. The van der Waals surface area contributed by atoms with Crippen molar-refractivity contribution in [3.63, 3.8) is 0 Å². The molecular formula is C6H11NO3. The van der Waals surface area contributed by atoms with Gasteiger partial charge in [0.1, 0.15) is 0 Å². The molecule has 10 heavy (non-hydrogen) atoms. The van der Waals surface area contributed by atoms with Crippen LogP contribution < -0.4 is 5.73 Å². The first kappa shape index (κ1) is 8.81. The molecule has 0 saturated heterocycles. The van der Waals surface area contributed by atoms with E-state index in [9.17, 15) is 4.79 Å². The second-order valence-corrected chi connectivity index (χ2v) is 2.26. The Morgan fingerprint density at radius 3 is 1.80 bits per heavy atom. The van der Waals surface area contributed by atoms with Gasteiger partial charge in [-0.3, -0.25) is 4.79 Å². The minimum atomic E-state index is -0.984. The van der Waals surface area contributed by atoms with Gasteiger partial charge in [-0.25, -0.2) is 0 Å². The minimum absolute atomic E-state index is 0.139. The predicted molar refractivity (Wildman–Crippen MR) is 36.3 cm³/mol. The summed E-state index contributed by atoms with van der Waals surface area (Å²) in [6, 6.07) is 0. The zero-order chi connectivity index (χ0) is 8.31. The van der Waals surface area contributed by atoms with Crippen molar-refractivity contribution in [1.29, 1.82) is 0 Å². The van der Waals surface area contributed by atoms with E-state index in [-0.39, 0.29) is 11.5 Å². The van der Waals surface area contributed by atoms with E-state index in [1.165, 1.54) is 0 Å². The van der Waals surface area contributed by atoms with Gasteiger partial charge in [-0.2, -0.15) is 0 Å². The molecule has 0 aliphatic heterocycles. The van der Waals surface area contributed by atoms with Gasteiger partial charge in [-0.05, 0) is 5.92 Å². The third-order valence-electron chi connectivity index (χ3n) is 1.08. The highest BCUT2D eigenvalue weighted by atomic mass is 16.5. The third-order valence-corrected chi connectivity index (χ3v) is 1.08. The van der Waals surface area contributed by atoms with Crippen molar-refractivity contribution >= 4 is 5.91 Å². The van der Waals surface area contributed by atoms with Crippen molar-refractivity contribution in [2.45, 2.75) is 13.8 Å². The average Bonchev–Trinajstić information content (AvgIpc) is 1.59. The summed E-state index contributed by atoms with van der Waals surface area (Å²) in [6.45, 7) is 3.29. The van der Waals surface area contributed by atoms with E-state index >= 15 is 0 Å². The second kappa shape index (κ2) is 3.10. The van der Waals surface area contributed by atoms with Crippen LogP contribution in [-0.2, 0) is 4.79 Å². The Hall–Kier alpha value is -1.19. The Balaban J connectivity index is 4.61. The molecule has 0 aliphatic carbocycles. The summed E-state index contributed by atoms with van der Waals surface area (Å²) in [5, 5.41) is 17.0. The number of rotatable bonds is 2. The van der Waals surface area contributed by atoms with Crippen LogP contribution in [0.25, 0.3) is 0 Å². The van der Waals surface area contributed by atoms with Gasteiger partial charge in [0, 0.05) is 0 Å². The van der Waals surface area contributed by atoms with Crippen LogP contribution in [0.5, 0.6) is 0 Å². The standard InChI is InChI=1S/C6H11NO3/c1-3(2)4(5(7)8)6(9)10/h3,9-10H,1-2H3,(H2,7,8). The lowest BCUT2D eigenvalue weighted by Crippen LogP contribution is -2.19. The third kappa shape index (κ3) is 1.97. The molecule has 58 valence electrons. The molecule has 4 heteroatoms. The summed E-state index contributed by atoms with van der Waals surface area (Å²) in [6.07, 6.45) is 0. The Labute approximate surface area is 59.0 Å². The number of carbonyl (C=O) groups is 1. The maximum atomic E-state index is 10.4. The molecule has 0 unspecified atom stereocenters. The summed E-state index contributed by atoms with van der Waals surface area (Å²) in [5.41, 5.74) is 4.68. The zero-order valence-corrected chi connectivity index (χ0v) is 5.96. The maximum Gasteiger partial charge on any atom is 0.283 e. The molecule has 0 heterocycles. The van der Waals surface area contributed by atoms with Crippen LogP contribution in [-0.4, -0.2) is 16.1 Å². The van der Waals surface area contributed by atoms with Gasteiger partial charge >= 0.3 is 0 Å².